The second-order valence-corrected chi connectivity index (χ2v) is 4.99. The summed E-state index contributed by atoms with van der Waals surface area (Å²) in [6.07, 6.45) is 0.981. The standard InChI is InChI=1S/C18H22N2O/c1-3-14-8-10-16(11-9-14)18(21)20-17-7-5-6-15(12-17)13-19-4-2/h5-12,19H,3-4,13H2,1-2H3,(H,20,21). The third kappa shape index (κ3) is 4.43. The molecule has 0 aromatic heterocycles. The molecular formula is C18H22N2O. The number of carbonyl (C=O) groups excluding carboxylic acids is 1. The van der Waals surface area contributed by atoms with Gasteiger partial charge in [0.1, 0.15) is 0 Å². The van der Waals surface area contributed by atoms with E-state index in [2.05, 4.69) is 24.5 Å². The first-order valence-corrected chi connectivity index (χ1v) is 7.43. The Bertz CT molecular complexity index is 590. The van der Waals surface area contributed by atoms with E-state index < -0.39 is 0 Å². The number of benzene rings is 2. The molecule has 0 saturated carbocycles. The number of hydrogen-bond acceptors (Lipinski definition) is 2. The summed E-state index contributed by atoms with van der Waals surface area (Å²) < 4.78 is 0. The molecule has 1 amide bonds. The van der Waals surface area contributed by atoms with Gasteiger partial charge in [0.05, 0.1) is 0 Å². The molecule has 2 aromatic carbocycles. The summed E-state index contributed by atoms with van der Waals surface area (Å²) in [6.45, 7) is 5.92. The first-order chi connectivity index (χ1) is 10.2. The molecular weight excluding hydrogens is 260 g/mol. The van der Waals surface area contributed by atoms with Crippen molar-refractivity contribution in [1.29, 1.82) is 0 Å². The van der Waals surface area contributed by atoms with Gasteiger partial charge in [0.15, 0.2) is 0 Å². The third-order valence-electron chi connectivity index (χ3n) is 3.39. The quantitative estimate of drug-likeness (QED) is 0.849. The number of carbonyl (C=O) groups is 1. The van der Waals surface area contributed by atoms with Crippen molar-refractivity contribution in [3.8, 4) is 0 Å². The van der Waals surface area contributed by atoms with Crippen LogP contribution in [0.2, 0.25) is 0 Å². The minimum absolute atomic E-state index is 0.0711. The van der Waals surface area contributed by atoms with Crippen molar-refractivity contribution in [1.82, 2.24) is 5.32 Å². The number of amides is 1. The minimum atomic E-state index is -0.0711. The molecule has 0 heterocycles. The molecule has 2 aromatic rings. The van der Waals surface area contributed by atoms with E-state index >= 15 is 0 Å². The van der Waals surface area contributed by atoms with Crippen molar-refractivity contribution in [3.05, 3.63) is 65.2 Å². The van der Waals surface area contributed by atoms with E-state index in [0.29, 0.717) is 5.56 Å². The van der Waals surface area contributed by atoms with Crippen molar-refractivity contribution >= 4 is 11.6 Å². The highest BCUT2D eigenvalue weighted by Crippen LogP contribution is 2.13. The van der Waals surface area contributed by atoms with E-state index in [9.17, 15) is 4.79 Å². The molecule has 0 unspecified atom stereocenters. The summed E-state index contributed by atoms with van der Waals surface area (Å²) in [6, 6.07) is 15.7. The molecule has 0 bridgehead atoms. The molecule has 0 radical (unpaired) electrons. The Hall–Kier alpha value is -2.13. The molecule has 0 fully saturated rings. The molecule has 0 saturated heterocycles. The lowest BCUT2D eigenvalue weighted by atomic mass is 10.1. The lowest BCUT2D eigenvalue weighted by Crippen LogP contribution is -2.14. The Morgan fingerprint density at radius 3 is 2.43 bits per heavy atom. The fourth-order valence-corrected chi connectivity index (χ4v) is 2.12. The SMILES string of the molecule is CCNCc1cccc(NC(=O)c2ccc(CC)cc2)c1. The summed E-state index contributed by atoms with van der Waals surface area (Å²) in [5, 5.41) is 6.22. The maximum absolute atomic E-state index is 12.2. The van der Waals surface area contributed by atoms with Gasteiger partial charge in [-0.3, -0.25) is 4.79 Å². The van der Waals surface area contributed by atoms with Crippen LogP contribution in [0.4, 0.5) is 5.69 Å². The van der Waals surface area contributed by atoms with Gasteiger partial charge in [-0.2, -0.15) is 0 Å². The number of anilines is 1. The van der Waals surface area contributed by atoms with Crippen LogP contribution >= 0.6 is 0 Å². The largest absolute Gasteiger partial charge is 0.322 e. The Balaban J connectivity index is 2.04. The highest BCUT2D eigenvalue weighted by Gasteiger charge is 2.06. The highest BCUT2D eigenvalue weighted by atomic mass is 16.1. The average molecular weight is 282 g/mol. The molecule has 3 nitrogen and oxygen atoms in total. The van der Waals surface area contributed by atoms with Crippen molar-refractivity contribution in [3.63, 3.8) is 0 Å². The smallest absolute Gasteiger partial charge is 0.255 e. The molecule has 0 spiro atoms. The molecule has 2 rings (SSSR count). The average Bonchev–Trinajstić information content (AvgIpc) is 2.53. The minimum Gasteiger partial charge on any atom is -0.322 e. The lowest BCUT2D eigenvalue weighted by molar-refractivity contribution is 0.102. The van der Waals surface area contributed by atoms with Gasteiger partial charge >= 0.3 is 0 Å². The molecule has 2 N–H and O–H groups in total. The van der Waals surface area contributed by atoms with Crippen LogP contribution in [-0.2, 0) is 13.0 Å². The Morgan fingerprint density at radius 2 is 1.76 bits per heavy atom. The van der Waals surface area contributed by atoms with Crippen LogP contribution in [0, 0.1) is 0 Å². The lowest BCUT2D eigenvalue weighted by Gasteiger charge is -2.08. The monoisotopic (exact) mass is 282 g/mol. The third-order valence-corrected chi connectivity index (χ3v) is 3.39. The zero-order valence-corrected chi connectivity index (χ0v) is 12.6. The van der Waals surface area contributed by atoms with E-state index in [0.717, 1.165) is 30.8 Å². The first kappa shape index (κ1) is 15.3. The van der Waals surface area contributed by atoms with Crippen LogP contribution in [0.3, 0.4) is 0 Å². The molecule has 3 heteroatoms. The maximum Gasteiger partial charge on any atom is 0.255 e. The van der Waals surface area contributed by atoms with Gasteiger partial charge in [-0.1, -0.05) is 38.1 Å². The fraction of sp³-hybridized carbons (Fsp3) is 0.278. The van der Waals surface area contributed by atoms with Gasteiger partial charge in [-0.05, 0) is 48.4 Å². The van der Waals surface area contributed by atoms with Crippen LogP contribution in [0.1, 0.15) is 35.3 Å². The normalized spacial score (nSPS) is 10.4. The Kier molecular flexibility index (Phi) is 5.52. The van der Waals surface area contributed by atoms with Gasteiger partial charge in [-0.25, -0.2) is 0 Å². The molecule has 0 aliphatic carbocycles. The molecule has 0 aliphatic rings. The number of rotatable bonds is 6. The zero-order chi connectivity index (χ0) is 15.1. The first-order valence-electron chi connectivity index (χ1n) is 7.43. The summed E-state index contributed by atoms with van der Waals surface area (Å²) in [7, 11) is 0. The molecule has 110 valence electrons. The van der Waals surface area contributed by atoms with Crippen molar-refractivity contribution in [2.24, 2.45) is 0 Å². The van der Waals surface area contributed by atoms with Gasteiger partial charge in [-0.15, -0.1) is 0 Å². The van der Waals surface area contributed by atoms with Crippen molar-refractivity contribution in [2.45, 2.75) is 26.8 Å². The van der Waals surface area contributed by atoms with Crippen molar-refractivity contribution in [2.75, 3.05) is 11.9 Å². The topological polar surface area (TPSA) is 41.1 Å². The van der Waals surface area contributed by atoms with Crippen LogP contribution in [-0.4, -0.2) is 12.5 Å². The van der Waals surface area contributed by atoms with E-state index in [4.69, 9.17) is 0 Å². The predicted molar refractivity (Wildman–Crippen MR) is 87.6 cm³/mol. The second-order valence-electron chi connectivity index (χ2n) is 4.99. The van der Waals surface area contributed by atoms with Crippen LogP contribution < -0.4 is 10.6 Å². The Labute approximate surface area is 126 Å². The molecule has 21 heavy (non-hydrogen) atoms. The predicted octanol–water partition coefficient (Wildman–Crippen LogP) is 3.61. The summed E-state index contributed by atoms with van der Waals surface area (Å²) in [5.74, 6) is -0.0711. The van der Waals surface area contributed by atoms with Gasteiger partial charge in [0.25, 0.3) is 5.91 Å². The zero-order valence-electron chi connectivity index (χ0n) is 12.6. The van der Waals surface area contributed by atoms with E-state index in [1.807, 2.05) is 48.5 Å². The summed E-state index contributed by atoms with van der Waals surface area (Å²) in [5.41, 5.74) is 3.91. The summed E-state index contributed by atoms with van der Waals surface area (Å²) in [4.78, 5) is 12.2. The summed E-state index contributed by atoms with van der Waals surface area (Å²) >= 11 is 0. The van der Waals surface area contributed by atoms with Crippen molar-refractivity contribution < 1.29 is 4.79 Å². The highest BCUT2D eigenvalue weighted by molar-refractivity contribution is 6.04. The molecule has 0 atom stereocenters. The fourth-order valence-electron chi connectivity index (χ4n) is 2.12. The van der Waals surface area contributed by atoms with Gasteiger partial charge < -0.3 is 10.6 Å². The van der Waals surface area contributed by atoms with E-state index in [-0.39, 0.29) is 5.91 Å². The van der Waals surface area contributed by atoms with Crippen LogP contribution in [0.15, 0.2) is 48.5 Å². The van der Waals surface area contributed by atoms with Crippen LogP contribution in [0.5, 0.6) is 0 Å². The van der Waals surface area contributed by atoms with Gasteiger partial charge in [0.2, 0.25) is 0 Å². The second kappa shape index (κ2) is 7.60. The molecule has 0 aliphatic heterocycles. The maximum atomic E-state index is 12.2. The van der Waals surface area contributed by atoms with Gasteiger partial charge in [0, 0.05) is 17.8 Å². The number of nitrogens with one attached hydrogen (secondary N) is 2. The van der Waals surface area contributed by atoms with E-state index in [1.165, 1.54) is 5.56 Å². The number of aryl methyl sites for hydroxylation is 1. The van der Waals surface area contributed by atoms with E-state index in [1.54, 1.807) is 0 Å². The number of hydrogen-bond donors (Lipinski definition) is 2. The van der Waals surface area contributed by atoms with Crippen LogP contribution in [0.25, 0.3) is 0 Å². The Morgan fingerprint density at radius 1 is 1.00 bits per heavy atom.